The number of amides is 1. The molecule has 0 atom stereocenters. The van der Waals surface area contributed by atoms with E-state index in [4.69, 9.17) is 14.9 Å². The molecule has 0 aliphatic carbocycles. The molecular formula is C13H15N3O3. The Hall–Kier alpha value is -2.50. The quantitative estimate of drug-likeness (QED) is 0.823. The molecule has 0 spiro atoms. The van der Waals surface area contributed by atoms with Crippen LogP contribution >= 0.6 is 0 Å². The molecule has 1 heterocycles. The number of ether oxygens (including phenoxy) is 1. The van der Waals surface area contributed by atoms with Gasteiger partial charge in [0, 0.05) is 0 Å². The summed E-state index contributed by atoms with van der Waals surface area (Å²) in [6.45, 7) is 4.02. The third-order valence-electron chi connectivity index (χ3n) is 2.42. The van der Waals surface area contributed by atoms with Gasteiger partial charge in [0.05, 0.1) is 23.6 Å². The van der Waals surface area contributed by atoms with Crippen molar-refractivity contribution in [2.24, 2.45) is 0 Å². The third kappa shape index (κ3) is 2.85. The van der Waals surface area contributed by atoms with E-state index in [9.17, 15) is 4.79 Å². The molecule has 0 aliphatic heterocycles. The van der Waals surface area contributed by atoms with Crippen molar-refractivity contribution in [3.63, 3.8) is 0 Å². The number of anilines is 2. The highest BCUT2D eigenvalue weighted by Crippen LogP contribution is 2.27. The lowest BCUT2D eigenvalue weighted by Crippen LogP contribution is -2.14. The number of rotatable bonds is 4. The first kappa shape index (κ1) is 12.9. The Bertz CT molecular complexity index is 593. The Morgan fingerprint density at radius 1 is 1.53 bits per heavy atom. The van der Waals surface area contributed by atoms with Crippen LogP contribution in [0.25, 0.3) is 0 Å². The number of nitrogens with two attached hydrogens (primary N) is 1. The molecule has 0 aliphatic rings. The summed E-state index contributed by atoms with van der Waals surface area (Å²) in [7, 11) is 0. The summed E-state index contributed by atoms with van der Waals surface area (Å²) >= 11 is 0. The van der Waals surface area contributed by atoms with E-state index in [1.165, 1.54) is 6.26 Å². The molecule has 6 heteroatoms. The number of hydrogen-bond acceptors (Lipinski definition) is 5. The maximum absolute atomic E-state index is 12.1. The Kier molecular flexibility index (Phi) is 3.70. The lowest BCUT2D eigenvalue weighted by atomic mass is 10.1. The second-order valence-electron chi connectivity index (χ2n) is 3.91. The van der Waals surface area contributed by atoms with E-state index < -0.39 is 0 Å². The summed E-state index contributed by atoms with van der Waals surface area (Å²) in [5.41, 5.74) is 7.25. The zero-order valence-corrected chi connectivity index (χ0v) is 10.8. The molecule has 0 saturated carbocycles. The van der Waals surface area contributed by atoms with Gasteiger partial charge in [-0.2, -0.15) is 4.98 Å². The number of carbonyl (C=O) groups is 1. The van der Waals surface area contributed by atoms with Gasteiger partial charge < -0.3 is 14.9 Å². The summed E-state index contributed by atoms with van der Waals surface area (Å²) in [5.74, 6) is -0.0108. The summed E-state index contributed by atoms with van der Waals surface area (Å²) in [5, 5.41) is 2.55. The van der Waals surface area contributed by atoms with E-state index in [0.717, 1.165) is 0 Å². The SMILES string of the molecule is CCOc1c(N)cccc1C(=O)Nc1nc(C)co1. The van der Waals surface area contributed by atoms with Crippen molar-refractivity contribution in [2.45, 2.75) is 13.8 Å². The standard InChI is InChI=1S/C13H15N3O3/c1-3-18-11-9(5-4-6-10(11)14)12(17)16-13-15-8(2)7-19-13/h4-7H,3,14H2,1-2H3,(H,15,16,17). The molecule has 2 rings (SSSR count). The van der Waals surface area contributed by atoms with E-state index in [-0.39, 0.29) is 11.9 Å². The highest BCUT2D eigenvalue weighted by molar-refractivity contribution is 6.06. The zero-order valence-electron chi connectivity index (χ0n) is 10.8. The summed E-state index contributed by atoms with van der Waals surface area (Å²) in [4.78, 5) is 16.1. The number of oxazole rings is 1. The monoisotopic (exact) mass is 261 g/mol. The molecule has 2 aromatic rings. The summed E-state index contributed by atoms with van der Waals surface area (Å²) in [6, 6.07) is 5.14. The van der Waals surface area contributed by atoms with Crippen molar-refractivity contribution in [3.8, 4) is 5.75 Å². The van der Waals surface area contributed by atoms with Gasteiger partial charge in [0.15, 0.2) is 5.75 Å². The number of carbonyl (C=O) groups excluding carboxylic acids is 1. The number of nitrogens with zero attached hydrogens (tertiary/aromatic N) is 1. The number of aryl methyl sites for hydroxylation is 1. The lowest BCUT2D eigenvalue weighted by molar-refractivity contribution is 0.102. The van der Waals surface area contributed by atoms with E-state index >= 15 is 0 Å². The molecule has 1 aromatic heterocycles. The normalized spacial score (nSPS) is 10.2. The number of aromatic nitrogens is 1. The van der Waals surface area contributed by atoms with Crippen LogP contribution in [0, 0.1) is 6.92 Å². The van der Waals surface area contributed by atoms with Crippen molar-refractivity contribution < 1.29 is 13.9 Å². The molecule has 0 fully saturated rings. The summed E-state index contributed by atoms with van der Waals surface area (Å²) < 4.78 is 10.5. The van der Waals surface area contributed by atoms with E-state index in [0.29, 0.717) is 29.3 Å². The van der Waals surface area contributed by atoms with Gasteiger partial charge in [-0.15, -0.1) is 0 Å². The number of nitrogen functional groups attached to an aromatic ring is 1. The minimum Gasteiger partial charge on any atom is -0.491 e. The highest BCUT2D eigenvalue weighted by Gasteiger charge is 2.16. The topological polar surface area (TPSA) is 90.4 Å². The highest BCUT2D eigenvalue weighted by atomic mass is 16.5. The molecule has 0 saturated heterocycles. The molecule has 6 nitrogen and oxygen atoms in total. The first-order valence-corrected chi connectivity index (χ1v) is 5.86. The van der Waals surface area contributed by atoms with Crippen molar-refractivity contribution in [1.82, 2.24) is 4.98 Å². The van der Waals surface area contributed by atoms with Crippen LogP contribution in [-0.2, 0) is 0 Å². The lowest BCUT2D eigenvalue weighted by Gasteiger charge is -2.11. The molecule has 19 heavy (non-hydrogen) atoms. The Morgan fingerprint density at radius 3 is 2.95 bits per heavy atom. The minimum atomic E-state index is -0.377. The van der Waals surface area contributed by atoms with Crippen LogP contribution in [0.2, 0.25) is 0 Å². The van der Waals surface area contributed by atoms with Crippen LogP contribution < -0.4 is 15.8 Å². The first-order valence-electron chi connectivity index (χ1n) is 5.86. The molecule has 1 aromatic carbocycles. The zero-order chi connectivity index (χ0) is 13.8. The fraction of sp³-hybridized carbons (Fsp3) is 0.231. The Balaban J connectivity index is 2.25. The van der Waals surface area contributed by atoms with E-state index in [1.54, 1.807) is 25.1 Å². The van der Waals surface area contributed by atoms with Crippen LogP contribution in [0.4, 0.5) is 11.7 Å². The van der Waals surface area contributed by atoms with Crippen molar-refractivity contribution in [3.05, 3.63) is 35.7 Å². The number of benzene rings is 1. The average molecular weight is 261 g/mol. The van der Waals surface area contributed by atoms with Crippen molar-refractivity contribution >= 4 is 17.6 Å². The van der Waals surface area contributed by atoms with Crippen molar-refractivity contribution in [2.75, 3.05) is 17.7 Å². The van der Waals surface area contributed by atoms with E-state index in [1.807, 2.05) is 6.92 Å². The molecule has 0 radical (unpaired) electrons. The third-order valence-corrected chi connectivity index (χ3v) is 2.42. The first-order chi connectivity index (χ1) is 9.11. The van der Waals surface area contributed by atoms with Crippen LogP contribution in [0.15, 0.2) is 28.9 Å². The maximum Gasteiger partial charge on any atom is 0.301 e. The predicted molar refractivity (Wildman–Crippen MR) is 71.2 cm³/mol. The Morgan fingerprint density at radius 2 is 2.32 bits per heavy atom. The van der Waals surface area contributed by atoms with Crippen LogP contribution in [-0.4, -0.2) is 17.5 Å². The van der Waals surface area contributed by atoms with Crippen LogP contribution in [0.3, 0.4) is 0 Å². The second kappa shape index (κ2) is 5.43. The van der Waals surface area contributed by atoms with Gasteiger partial charge in [-0.3, -0.25) is 10.1 Å². The van der Waals surface area contributed by atoms with Gasteiger partial charge in [0.25, 0.3) is 5.91 Å². The smallest absolute Gasteiger partial charge is 0.301 e. The molecular weight excluding hydrogens is 246 g/mol. The average Bonchev–Trinajstić information content (AvgIpc) is 2.77. The second-order valence-corrected chi connectivity index (χ2v) is 3.91. The largest absolute Gasteiger partial charge is 0.491 e. The van der Waals surface area contributed by atoms with Gasteiger partial charge in [-0.25, -0.2) is 0 Å². The van der Waals surface area contributed by atoms with E-state index in [2.05, 4.69) is 10.3 Å². The molecule has 0 bridgehead atoms. The van der Waals surface area contributed by atoms with Crippen molar-refractivity contribution in [1.29, 1.82) is 0 Å². The van der Waals surface area contributed by atoms with Crippen LogP contribution in [0.5, 0.6) is 5.75 Å². The fourth-order valence-corrected chi connectivity index (χ4v) is 1.61. The number of para-hydroxylation sites is 1. The Labute approximate surface area is 110 Å². The molecule has 3 N–H and O–H groups in total. The number of nitrogens with one attached hydrogen (secondary N) is 1. The maximum atomic E-state index is 12.1. The number of hydrogen-bond donors (Lipinski definition) is 2. The van der Waals surface area contributed by atoms with Gasteiger partial charge in [-0.05, 0) is 26.0 Å². The molecule has 0 unspecified atom stereocenters. The molecule has 100 valence electrons. The fourth-order valence-electron chi connectivity index (χ4n) is 1.61. The van der Waals surface area contributed by atoms with Crippen LogP contribution in [0.1, 0.15) is 23.0 Å². The molecule has 1 amide bonds. The minimum absolute atomic E-state index is 0.146. The van der Waals surface area contributed by atoms with Gasteiger partial charge in [0.2, 0.25) is 0 Å². The van der Waals surface area contributed by atoms with Gasteiger partial charge in [0.1, 0.15) is 6.26 Å². The van der Waals surface area contributed by atoms with Gasteiger partial charge in [-0.1, -0.05) is 6.07 Å². The summed E-state index contributed by atoms with van der Waals surface area (Å²) in [6.07, 6.45) is 1.46. The van der Waals surface area contributed by atoms with Gasteiger partial charge >= 0.3 is 6.01 Å². The predicted octanol–water partition coefficient (Wildman–Crippen LogP) is 2.22.